The summed E-state index contributed by atoms with van der Waals surface area (Å²) in [6.07, 6.45) is -0.00856. The summed E-state index contributed by atoms with van der Waals surface area (Å²) in [5.41, 5.74) is -1.88. The highest BCUT2D eigenvalue weighted by Gasteiger charge is 2.62. The molecule has 0 fully saturated rings. The first-order valence-electron chi connectivity index (χ1n) is 10.2. The number of rotatable bonds is 2. The summed E-state index contributed by atoms with van der Waals surface area (Å²) in [4.78, 5) is 40.5. The van der Waals surface area contributed by atoms with Crippen molar-refractivity contribution in [3.05, 3.63) is 45.7 Å². The van der Waals surface area contributed by atoms with Gasteiger partial charge >= 0.3 is 0 Å². The minimum absolute atomic E-state index is 0.00856. The standard InChI is InChI=1S/C24H25NO7/c1-9-6-7-12-10(2)13-8-14-18(25(4)5)21(29)15(11(3)26)22(30)24(14,32)23(31)17(13)20(28)16(12)19(9)27/h6-7,14,18,27-28,30,32H,8H2,1-5H3/t14?,18-,24-/m1/s1. The lowest BCUT2D eigenvalue weighted by molar-refractivity contribution is -0.131. The molecule has 0 aromatic heterocycles. The van der Waals surface area contributed by atoms with Gasteiger partial charge in [-0.2, -0.15) is 0 Å². The van der Waals surface area contributed by atoms with Gasteiger partial charge in [-0.1, -0.05) is 12.1 Å². The maximum absolute atomic E-state index is 13.7. The van der Waals surface area contributed by atoms with Crippen molar-refractivity contribution < 1.29 is 34.8 Å². The smallest absolute Gasteiger partial charge is 0.206 e. The average molecular weight is 439 g/mol. The van der Waals surface area contributed by atoms with Crippen LogP contribution in [0.2, 0.25) is 0 Å². The maximum Gasteiger partial charge on any atom is 0.206 e. The van der Waals surface area contributed by atoms with E-state index in [9.17, 15) is 34.8 Å². The van der Waals surface area contributed by atoms with Gasteiger partial charge in [0.2, 0.25) is 5.78 Å². The molecule has 0 saturated heterocycles. The van der Waals surface area contributed by atoms with Gasteiger partial charge in [-0.25, -0.2) is 0 Å². The molecule has 0 spiro atoms. The topological polar surface area (TPSA) is 135 Å². The predicted octanol–water partition coefficient (Wildman–Crippen LogP) is 1.87. The van der Waals surface area contributed by atoms with Crippen LogP contribution in [0.15, 0.2) is 23.5 Å². The number of aryl methyl sites for hydroxylation is 2. The molecule has 0 heterocycles. The summed E-state index contributed by atoms with van der Waals surface area (Å²) in [5, 5.41) is 44.7. The van der Waals surface area contributed by atoms with Gasteiger partial charge in [-0.05, 0) is 63.4 Å². The van der Waals surface area contributed by atoms with E-state index in [2.05, 4.69) is 0 Å². The number of Topliss-reactive ketones (excluding diaryl/α,β-unsaturated/α-hetero) is 3. The zero-order valence-electron chi connectivity index (χ0n) is 18.5. The van der Waals surface area contributed by atoms with Crippen LogP contribution in [0, 0.1) is 19.8 Å². The molecule has 3 atom stereocenters. The molecule has 32 heavy (non-hydrogen) atoms. The van der Waals surface area contributed by atoms with Crippen LogP contribution in [0.3, 0.4) is 0 Å². The largest absolute Gasteiger partial charge is 0.508 e. The molecule has 0 aliphatic heterocycles. The Kier molecular flexibility index (Phi) is 4.73. The van der Waals surface area contributed by atoms with Gasteiger partial charge in [0.15, 0.2) is 17.2 Å². The van der Waals surface area contributed by atoms with Crippen LogP contribution in [0.25, 0.3) is 10.8 Å². The first-order valence-corrected chi connectivity index (χ1v) is 10.2. The number of ketones is 3. The molecule has 0 amide bonds. The number of nitrogens with zero attached hydrogens (tertiary/aromatic N) is 1. The fraction of sp³-hybridized carbons (Fsp3) is 0.375. The highest BCUT2D eigenvalue weighted by molar-refractivity contribution is 6.25. The number of carbonyl (C=O) groups excluding carboxylic acids is 3. The van der Waals surface area contributed by atoms with Gasteiger partial charge in [0.25, 0.3) is 0 Å². The van der Waals surface area contributed by atoms with Crippen molar-refractivity contribution in [2.75, 3.05) is 14.1 Å². The molecule has 2 aliphatic carbocycles. The number of hydrogen-bond acceptors (Lipinski definition) is 8. The first kappa shape index (κ1) is 22.0. The van der Waals surface area contributed by atoms with Crippen molar-refractivity contribution in [2.24, 2.45) is 5.92 Å². The number of phenolic OH excluding ortho intramolecular Hbond substituents is 2. The van der Waals surface area contributed by atoms with E-state index in [1.54, 1.807) is 40.1 Å². The summed E-state index contributed by atoms with van der Waals surface area (Å²) < 4.78 is 0. The second-order valence-electron chi connectivity index (χ2n) is 8.94. The van der Waals surface area contributed by atoms with Crippen LogP contribution < -0.4 is 0 Å². The molecule has 2 aromatic carbocycles. The third-order valence-corrected chi connectivity index (χ3v) is 6.95. The Morgan fingerprint density at radius 1 is 1.09 bits per heavy atom. The number of carbonyl (C=O) groups is 3. The molecule has 8 nitrogen and oxygen atoms in total. The zero-order chi connectivity index (χ0) is 23.9. The Balaban J connectivity index is 2.12. The van der Waals surface area contributed by atoms with Crippen LogP contribution >= 0.6 is 0 Å². The zero-order valence-corrected chi connectivity index (χ0v) is 18.5. The van der Waals surface area contributed by atoms with Crippen molar-refractivity contribution >= 4 is 28.1 Å². The molecule has 0 saturated carbocycles. The lowest BCUT2D eigenvalue weighted by atomic mass is 9.61. The van der Waals surface area contributed by atoms with E-state index < -0.39 is 52.0 Å². The van der Waals surface area contributed by atoms with E-state index in [4.69, 9.17) is 0 Å². The fourth-order valence-corrected chi connectivity index (χ4v) is 5.29. The van der Waals surface area contributed by atoms with Crippen molar-refractivity contribution in [3.8, 4) is 11.5 Å². The number of phenols is 2. The second-order valence-corrected chi connectivity index (χ2v) is 8.94. The van der Waals surface area contributed by atoms with Gasteiger partial charge < -0.3 is 20.4 Å². The number of aliphatic hydroxyl groups is 2. The van der Waals surface area contributed by atoms with Crippen LogP contribution in [0.1, 0.15) is 34.0 Å². The molecule has 4 rings (SSSR count). The van der Waals surface area contributed by atoms with Crippen LogP contribution in [-0.4, -0.2) is 68.4 Å². The lowest BCUT2D eigenvalue weighted by Crippen LogP contribution is -2.64. The third kappa shape index (κ3) is 2.53. The number of aliphatic hydroxyl groups excluding tert-OH is 1. The van der Waals surface area contributed by atoms with E-state index in [0.29, 0.717) is 22.1 Å². The average Bonchev–Trinajstić information content (AvgIpc) is 2.70. The molecule has 168 valence electrons. The maximum atomic E-state index is 13.7. The van der Waals surface area contributed by atoms with E-state index >= 15 is 0 Å². The summed E-state index contributed by atoms with van der Waals surface area (Å²) >= 11 is 0. The van der Waals surface area contributed by atoms with E-state index in [1.165, 1.54) is 4.90 Å². The highest BCUT2D eigenvalue weighted by Crippen LogP contribution is 2.51. The first-order chi connectivity index (χ1) is 14.8. The Morgan fingerprint density at radius 3 is 2.28 bits per heavy atom. The van der Waals surface area contributed by atoms with Crippen LogP contribution in [0.4, 0.5) is 0 Å². The fourth-order valence-electron chi connectivity index (χ4n) is 5.29. The second kappa shape index (κ2) is 6.88. The van der Waals surface area contributed by atoms with E-state index in [0.717, 1.165) is 6.92 Å². The van der Waals surface area contributed by atoms with Gasteiger partial charge in [-0.15, -0.1) is 0 Å². The Bertz CT molecular complexity index is 1270. The monoisotopic (exact) mass is 439 g/mol. The highest BCUT2D eigenvalue weighted by atomic mass is 16.3. The quantitative estimate of drug-likeness (QED) is 0.521. The van der Waals surface area contributed by atoms with Crippen molar-refractivity contribution in [1.29, 1.82) is 0 Å². The normalized spacial score (nSPS) is 25.3. The molecular formula is C24H25NO7. The molecule has 2 aromatic rings. The van der Waals surface area contributed by atoms with Gasteiger partial charge in [0, 0.05) is 5.92 Å². The Labute approximate surface area is 184 Å². The molecule has 2 aliphatic rings. The predicted molar refractivity (Wildman–Crippen MR) is 116 cm³/mol. The summed E-state index contributed by atoms with van der Waals surface area (Å²) in [6, 6.07) is 2.37. The van der Waals surface area contributed by atoms with Gasteiger partial charge in [-0.3, -0.25) is 19.3 Å². The lowest BCUT2D eigenvalue weighted by Gasteiger charge is -2.47. The molecule has 8 heteroatoms. The van der Waals surface area contributed by atoms with Crippen molar-refractivity contribution in [1.82, 2.24) is 4.90 Å². The summed E-state index contributed by atoms with van der Waals surface area (Å²) in [7, 11) is 3.18. The number of fused-ring (bicyclic) bond motifs is 3. The SMILES string of the molecule is CC(=O)C1=C(O)[C@@]2(O)C(=O)c3c(c(C)c4ccc(C)c(O)c4c3O)CC2[C@@H](N(C)C)C1=O. The third-order valence-electron chi connectivity index (χ3n) is 6.95. The Morgan fingerprint density at radius 2 is 1.72 bits per heavy atom. The van der Waals surface area contributed by atoms with Crippen LogP contribution in [0.5, 0.6) is 11.5 Å². The van der Waals surface area contributed by atoms with Gasteiger partial charge in [0.05, 0.1) is 17.0 Å². The number of aromatic hydroxyl groups is 2. The Hall–Kier alpha value is -3.23. The molecular weight excluding hydrogens is 414 g/mol. The number of hydrogen-bond donors (Lipinski definition) is 4. The molecule has 0 radical (unpaired) electrons. The van der Waals surface area contributed by atoms with Gasteiger partial charge in [0.1, 0.15) is 22.8 Å². The van der Waals surface area contributed by atoms with Crippen LogP contribution in [-0.2, 0) is 16.0 Å². The van der Waals surface area contributed by atoms with E-state index in [1.807, 2.05) is 0 Å². The minimum Gasteiger partial charge on any atom is -0.508 e. The van der Waals surface area contributed by atoms with Crippen molar-refractivity contribution in [2.45, 2.75) is 38.8 Å². The molecule has 4 N–H and O–H groups in total. The van der Waals surface area contributed by atoms with E-state index in [-0.39, 0.29) is 23.1 Å². The minimum atomic E-state index is -2.58. The molecule has 1 unspecified atom stereocenters. The summed E-state index contributed by atoms with van der Waals surface area (Å²) in [5.74, 6) is -5.21. The summed E-state index contributed by atoms with van der Waals surface area (Å²) in [6.45, 7) is 4.46. The number of likely N-dealkylation sites (N-methyl/N-ethyl adjacent to an activating group) is 1. The molecule has 0 bridgehead atoms. The number of benzene rings is 2. The van der Waals surface area contributed by atoms with Crippen molar-refractivity contribution in [3.63, 3.8) is 0 Å².